The van der Waals surface area contributed by atoms with Gasteiger partial charge in [-0.05, 0) is 56.7 Å². The van der Waals surface area contributed by atoms with Gasteiger partial charge in [0.05, 0.1) is 0 Å². The van der Waals surface area contributed by atoms with Gasteiger partial charge in [-0.1, -0.05) is 18.2 Å². The SMILES string of the molecule is Cc1cccc(C)c1NC(=O)C[n+]1cccc(C(=O)OC2CCCC2)c1.[Br-]. The quantitative estimate of drug-likeness (QED) is 0.547. The topological polar surface area (TPSA) is 59.3 Å². The van der Waals surface area contributed by atoms with Crippen LogP contribution in [-0.4, -0.2) is 18.0 Å². The van der Waals surface area contributed by atoms with Crippen LogP contribution in [0.15, 0.2) is 42.7 Å². The van der Waals surface area contributed by atoms with Gasteiger partial charge in [0.1, 0.15) is 11.7 Å². The van der Waals surface area contributed by atoms with E-state index in [2.05, 4.69) is 5.32 Å². The van der Waals surface area contributed by atoms with E-state index in [1.807, 2.05) is 32.0 Å². The Morgan fingerprint density at radius 3 is 2.44 bits per heavy atom. The van der Waals surface area contributed by atoms with Crippen LogP contribution in [0.25, 0.3) is 0 Å². The van der Waals surface area contributed by atoms with E-state index in [4.69, 9.17) is 4.74 Å². The van der Waals surface area contributed by atoms with Gasteiger partial charge in [-0.25, -0.2) is 4.79 Å². The van der Waals surface area contributed by atoms with Gasteiger partial charge in [0.25, 0.3) is 5.91 Å². The third-order valence-corrected chi connectivity index (χ3v) is 4.74. The van der Waals surface area contributed by atoms with Crippen LogP contribution in [-0.2, 0) is 16.1 Å². The van der Waals surface area contributed by atoms with Crippen molar-refractivity contribution >= 4 is 17.6 Å². The lowest BCUT2D eigenvalue weighted by Gasteiger charge is -2.11. The highest BCUT2D eigenvalue weighted by Gasteiger charge is 2.22. The van der Waals surface area contributed by atoms with Crippen molar-refractivity contribution in [1.82, 2.24) is 0 Å². The first-order valence-electron chi connectivity index (χ1n) is 9.09. The number of nitrogens with one attached hydrogen (secondary N) is 1. The summed E-state index contributed by atoms with van der Waals surface area (Å²) in [5, 5.41) is 2.96. The lowest BCUT2D eigenvalue weighted by Crippen LogP contribution is -3.00. The zero-order chi connectivity index (χ0) is 18.5. The molecule has 0 saturated heterocycles. The Balaban J connectivity index is 0.00000261. The number of ether oxygens (including phenoxy) is 1. The maximum Gasteiger partial charge on any atom is 0.344 e. The molecule has 1 aliphatic carbocycles. The largest absolute Gasteiger partial charge is 1.00 e. The van der Waals surface area contributed by atoms with E-state index in [1.54, 1.807) is 29.1 Å². The van der Waals surface area contributed by atoms with E-state index in [1.165, 1.54) is 0 Å². The molecule has 0 radical (unpaired) electrons. The van der Waals surface area contributed by atoms with Crippen molar-refractivity contribution in [3.8, 4) is 0 Å². The van der Waals surface area contributed by atoms with Crippen LogP contribution in [0.4, 0.5) is 5.69 Å². The number of hydrogen-bond donors (Lipinski definition) is 1. The number of anilines is 1. The number of hydrogen-bond acceptors (Lipinski definition) is 3. The van der Waals surface area contributed by atoms with Gasteiger partial charge in [-0.3, -0.25) is 4.79 Å². The normalized spacial score (nSPS) is 13.7. The summed E-state index contributed by atoms with van der Waals surface area (Å²) in [6.45, 7) is 4.07. The Labute approximate surface area is 170 Å². The molecule has 1 aromatic carbocycles. The third-order valence-electron chi connectivity index (χ3n) is 4.74. The Morgan fingerprint density at radius 2 is 1.78 bits per heavy atom. The highest BCUT2D eigenvalue weighted by molar-refractivity contribution is 5.91. The number of pyridine rings is 1. The molecule has 1 aliphatic rings. The summed E-state index contributed by atoms with van der Waals surface area (Å²) in [7, 11) is 0. The number of amides is 1. The van der Waals surface area contributed by atoms with Gasteiger partial charge >= 0.3 is 5.97 Å². The average Bonchev–Trinajstić information content (AvgIpc) is 3.11. The molecule has 27 heavy (non-hydrogen) atoms. The molecular formula is C21H25BrN2O3. The van der Waals surface area contributed by atoms with Crippen LogP contribution in [0, 0.1) is 13.8 Å². The maximum absolute atomic E-state index is 12.4. The van der Waals surface area contributed by atoms with E-state index in [9.17, 15) is 9.59 Å². The number of aryl methyl sites for hydroxylation is 2. The highest BCUT2D eigenvalue weighted by Crippen LogP contribution is 2.22. The Bertz CT molecular complexity index is 797. The lowest BCUT2D eigenvalue weighted by atomic mass is 10.1. The summed E-state index contributed by atoms with van der Waals surface area (Å²) in [6, 6.07) is 9.38. The lowest BCUT2D eigenvalue weighted by molar-refractivity contribution is -0.684. The predicted molar refractivity (Wildman–Crippen MR) is 98.9 cm³/mol. The second kappa shape index (κ2) is 9.65. The fourth-order valence-electron chi connectivity index (χ4n) is 3.32. The number of carbonyl (C=O) groups excluding carboxylic acids is 2. The molecule has 5 nitrogen and oxygen atoms in total. The van der Waals surface area contributed by atoms with Gasteiger partial charge < -0.3 is 27.0 Å². The summed E-state index contributed by atoms with van der Waals surface area (Å²) < 4.78 is 7.23. The average molecular weight is 433 g/mol. The fraction of sp³-hybridized carbons (Fsp3) is 0.381. The predicted octanol–water partition coefficient (Wildman–Crippen LogP) is 0.333. The number of aromatic nitrogens is 1. The molecule has 1 saturated carbocycles. The third kappa shape index (κ3) is 5.63. The summed E-state index contributed by atoms with van der Waals surface area (Å²) in [5.41, 5.74) is 3.36. The zero-order valence-electron chi connectivity index (χ0n) is 15.7. The summed E-state index contributed by atoms with van der Waals surface area (Å²) in [5.74, 6) is -0.449. The minimum absolute atomic E-state index is 0. The standard InChI is InChI=1S/C21H24N2O3.BrH/c1-15-7-5-8-16(2)20(15)22-19(24)14-23-12-6-9-17(13-23)21(25)26-18-10-3-4-11-18;/h5-9,12-13,18H,3-4,10-11,14H2,1-2H3;1H. The molecule has 0 atom stereocenters. The molecule has 3 rings (SSSR count). The van der Waals surface area contributed by atoms with Crippen molar-refractivity contribution in [3.63, 3.8) is 0 Å². The van der Waals surface area contributed by atoms with E-state index >= 15 is 0 Å². The minimum Gasteiger partial charge on any atom is -1.00 e. The molecule has 6 heteroatoms. The molecule has 1 heterocycles. The molecule has 0 bridgehead atoms. The second-order valence-electron chi connectivity index (χ2n) is 6.89. The van der Waals surface area contributed by atoms with Crippen LogP contribution in [0.1, 0.15) is 47.2 Å². The molecule has 1 N–H and O–H groups in total. The van der Waals surface area contributed by atoms with Crippen LogP contribution in [0.2, 0.25) is 0 Å². The van der Waals surface area contributed by atoms with Gasteiger partial charge in [0.15, 0.2) is 12.4 Å². The van der Waals surface area contributed by atoms with Crippen LogP contribution in [0.3, 0.4) is 0 Å². The second-order valence-corrected chi connectivity index (χ2v) is 6.89. The summed E-state index contributed by atoms with van der Waals surface area (Å²) in [6.07, 6.45) is 7.59. The van der Waals surface area contributed by atoms with E-state index in [0.717, 1.165) is 42.5 Å². The molecule has 1 amide bonds. The highest BCUT2D eigenvalue weighted by atomic mass is 79.9. The van der Waals surface area contributed by atoms with Crippen LogP contribution >= 0.6 is 0 Å². The van der Waals surface area contributed by atoms with Crippen LogP contribution in [0.5, 0.6) is 0 Å². The van der Waals surface area contributed by atoms with Crippen molar-refractivity contribution in [2.24, 2.45) is 0 Å². The number of benzene rings is 1. The number of nitrogens with zero attached hydrogens (tertiary/aromatic N) is 1. The molecule has 1 aromatic heterocycles. The van der Waals surface area contributed by atoms with E-state index in [-0.39, 0.29) is 41.5 Å². The number of esters is 1. The van der Waals surface area contributed by atoms with Crippen LogP contribution < -0.4 is 26.9 Å². The monoisotopic (exact) mass is 432 g/mol. The Hall–Kier alpha value is -2.21. The van der Waals surface area contributed by atoms with Crippen molar-refractivity contribution in [1.29, 1.82) is 0 Å². The number of carbonyl (C=O) groups is 2. The number of para-hydroxylation sites is 1. The first kappa shape index (κ1) is 21.1. The summed E-state index contributed by atoms with van der Waals surface area (Å²) in [4.78, 5) is 24.7. The molecule has 1 fully saturated rings. The molecular weight excluding hydrogens is 408 g/mol. The Kier molecular flexibility index (Phi) is 7.54. The van der Waals surface area contributed by atoms with E-state index in [0.29, 0.717) is 5.56 Å². The molecule has 2 aromatic rings. The fourth-order valence-corrected chi connectivity index (χ4v) is 3.32. The number of rotatable bonds is 5. The molecule has 144 valence electrons. The Morgan fingerprint density at radius 1 is 1.11 bits per heavy atom. The molecule has 0 spiro atoms. The van der Waals surface area contributed by atoms with Gasteiger partial charge in [-0.15, -0.1) is 0 Å². The van der Waals surface area contributed by atoms with Gasteiger partial charge in [-0.2, -0.15) is 4.57 Å². The van der Waals surface area contributed by atoms with E-state index < -0.39 is 0 Å². The van der Waals surface area contributed by atoms with Crippen molar-refractivity contribution in [2.45, 2.75) is 52.2 Å². The van der Waals surface area contributed by atoms with Gasteiger partial charge in [0.2, 0.25) is 6.54 Å². The number of halogens is 1. The van der Waals surface area contributed by atoms with Crippen molar-refractivity contribution in [3.05, 3.63) is 59.4 Å². The minimum atomic E-state index is -0.318. The molecule has 0 aliphatic heterocycles. The van der Waals surface area contributed by atoms with Crippen molar-refractivity contribution in [2.75, 3.05) is 5.32 Å². The van der Waals surface area contributed by atoms with Gasteiger partial charge in [0, 0.05) is 11.8 Å². The first-order valence-corrected chi connectivity index (χ1v) is 9.09. The zero-order valence-corrected chi connectivity index (χ0v) is 17.3. The maximum atomic E-state index is 12.4. The van der Waals surface area contributed by atoms with Crippen molar-refractivity contribution < 1.29 is 35.9 Å². The summed E-state index contributed by atoms with van der Waals surface area (Å²) >= 11 is 0. The molecule has 0 unspecified atom stereocenters. The first-order chi connectivity index (χ1) is 12.5. The smallest absolute Gasteiger partial charge is 0.344 e.